The Bertz CT molecular complexity index is 414. The minimum absolute atomic E-state index is 0.0813. The van der Waals surface area contributed by atoms with Gasteiger partial charge in [0.05, 0.1) is 18.6 Å². The molecule has 1 heterocycles. The molecule has 1 aliphatic carbocycles. The Kier molecular flexibility index (Phi) is 4.10. The van der Waals surface area contributed by atoms with E-state index in [1.54, 1.807) is 0 Å². The monoisotopic (exact) mass is 279 g/mol. The van der Waals surface area contributed by atoms with E-state index in [4.69, 9.17) is 15.4 Å². The molecule has 0 aliphatic heterocycles. The number of nitrogens with zero attached hydrogens (tertiary/aromatic N) is 2. The van der Waals surface area contributed by atoms with Gasteiger partial charge in [-0.1, -0.05) is 5.16 Å². The average molecular weight is 279 g/mol. The first-order valence-corrected chi connectivity index (χ1v) is 6.18. The SMILES string of the molecule is NC(CO)c1noc(C2CCC(C(F)(F)F)CC2)n1. The van der Waals surface area contributed by atoms with Crippen molar-refractivity contribution in [3.8, 4) is 0 Å². The van der Waals surface area contributed by atoms with Gasteiger partial charge >= 0.3 is 6.18 Å². The lowest BCUT2D eigenvalue weighted by atomic mass is 9.81. The summed E-state index contributed by atoms with van der Waals surface area (Å²) in [4.78, 5) is 4.05. The summed E-state index contributed by atoms with van der Waals surface area (Å²) in [6.07, 6.45) is -3.21. The molecule has 1 aromatic heterocycles. The number of rotatable bonds is 3. The summed E-state index contributed by atoms with van der Waals surface area (Å²) < 4.78 is 42.6. The van der Waals surface area contributed by atoms with E-state index in [1.165, 1.54) is 0 Å². The van der Waals surface area contributed by atoms with Crippen molar-refractivity contribution in [1.82, 2.24) is 10.1 Å². The van der Waals surface area contributed by atoms with Crippen LogP contribution in [0.3, 0.4) is 0 Å². The third kappa shape index (κ3) is 3.24. The van der Waals surface area contributed by atoms with Crippen LogP contribution in [0.1, 0.15) is 49.4 Å². The Balaban J connectivity index is 1.96. The number of aromatic nitrogens is 2. The van der Waals surface area contributed by atoms with Gasteiger partial charge in [-0.2, -0.15) is 18.2 Å². The second kappa shape index (κ2) is 5.46. The molecule has 0 bridgehead atoms. The first-order valence-electron chi connectivity index (χ1n) is 6.18. The summed E-state index contributed by atoms with van der Waals surface area (Å²) in [5.41, 5.74) is 5.53. The van der Waals surface area contributed by atoms with Crippen LogP contribution in [-0.4, -0.2) is 28.0 Å². The van der Waals surface area contributed by atoms with Gasteiger partial charge in [0.2, 0.25) is 5.89 Å². The van der Waals surface area contributed by atoms with Crippen molar-refractivity contribution in [2.75, 3.05) is 6.61 Å². The molecule has 8 heteroatoms. The number of hydrogen-bond donors (Lipinski definition) is 2. The quantitative estimate of drug-likeness (QED) is 0.882. The van der Waals surface area contributed by atoms with Crippen LogP contribution < -0.4 is 5.73 Å². The molecule has 0 spiro atoms. The number of aliphatic hydroxyl groups excluding tert-OH is 1. The van der Waals surface area contributed by atoms with Crippen molar-refractivity contribution < 1.29 is 22.8 Å². The van der Waals surface area contributed by atoms with Crippen LogP contribution >= 0.6 is 0 Å². The fourth-order valence-corrected chi connectivity index (χ4v) is 2.31. The van der Waals surface area contributed by atoms with Crippen LogP contribution in [0.4, 0.5) is 13.2 Å². The summed E-state index contributed by atoms with van der Waals surface area (Å²) >= 11 is 0. The third-order valence-corrected chi connectivity index (χ3v) is 3.53. The minimum atomic E-state index is -4.12. The Morgan fingerprint density at radius 1 is 1.32 bits per heavy atom. The molecule has 1 fully saturated rings. The van der Waals surface area contributed by atoms with Gasteiger partial charge in [0.25, 0.3) is 0 Å². The van der Waals surface area contributed by atoms with E-state index in [-0.39, 0.29) is 31.2 Å². The van der Waals surface area contributed by atoms with Gasteiger partial charge in [0.15, 0.2) is 5.82 Å². The van der Waals surface area contributed by atoms with E-state index < -0.39 is 18.1 Å². The van der Waals surface area contributed by atoms with Crippen molar-refractivity contribution in [2.45, 2.75) is 43.8 Å². The molecule has 5 nitrogen and oxygen atoms in total. The Hall–Kier alpha value is -1.15. The summed E-state index contributed by atoms with van der Waals surface area (Å²) in [6.45, 7) is -0.306. The summed E-state index contributed by atoms with van der Waals surface area (Å²) in [7, 11) is 0. The Morgan fingerprint density at radius 2 is 1.95 bits per heavy atom. The highest BCUT2D eigenvalue weighted by molar-refractivity contribution is 4.99. The van der Waals surface area contributed by atoms with E-state index in [0.717, 1.165) is 0 Å². The molecule has 1 unspecified atom stereocenters. The third-order valence-electron chi connectivity index (χ3n) is 3.53. The smallest absolute Gasteiger partial charge is 0.391 e. The molecule has 2 rings (SSSR count). The molecule has 1 aromatic rings. The summed E-state index contributed by atoms with van der Waals surface area (Å²) in [5.74, 6) is -0.869. The molecule has 108 valence electrons. The molecule has 1 aliphatic rings. The highest BCUT2D eigenvalue weighted by Crippen LogP contribution is 2.42. The van der Waals surface area contributed by atoms with Crippen molar-refractivity contribution in [3.05, 3.63) is 11.7 Å². The molecular weight excluding hydrogens is 263 g/mol. The van der Waals surface area contributed by atoms with Gasteiger partial charge in [-0.25, -0.2) is 0 Å². The molecule has 0 radical (unpaired) electrons. The Labute approximate surface area is 108 Å². The molecule has 19 heavy (non-hydrogen) atoms. The maximum absolute atomic E-state index is 12.5. The van der Waals surface area contributed by atoms with Gasteiger partial charge in [-0.15, -0.1) is 0 Å². The van der Waals surface area contributed by atoms with E-state index in [2.05, 4.69) is 10.1 Å². The number of nitrogens with two attached hydrogens (primary N) is 1. The number of aliphatic hydroxyl groups is 1. The van der Waals surface area contributed by atoms with Crippen LogP contribution in [0.2, 0.25) is 0 Å². The largest absolute Gasteiger partial charge is 0.394 e. The van der Waals surface area contributed by atoms with Crippen molar-refractivity contribution in [2.24, 2.45) is 11.7 Å². The Morgan fingerprint density at radius 3 is 2.47 bits per heavy atom. The first-order chi connectivity index (χ1) is 8.91. The molecular formula is C11H16F3N3O2. The number of hydrogen-bond acceptors (Lipinski definition) is 5. The van der Waals surface area contributed by atoms with Gasteiger partial charge in [0, 0.05) is 5.92 Å². The van der Waals surface area contributed by atoms with Crippen molar-refractivity contribution in [3.63, 3.8) is 0 Å². The fourth-order valence-electron chi connectivity index (χ4n) is 2.31. The topological polar surface area (TPSA) is 85.2 Å². The van der Waals surface area contributed by atoms with Crippen molar-refractivity contribution >= 4 is 0 Å². The van der Waals surface area contributed by atoms with E-state index >= 15 is 0 Å². The van der Waals surface area contributed by atoms with Crippen LogP contribution in [-0.2, 0) is 0 Å². The second-order valence-electron chi connectivity index (χ2n) is 4.87. The predicted molar refractivity (Wildman–Crippen MR) is 59.1 cm³/mol. The lowest BCUT2D eigenvalue weighted by Crippen LogP contribution is -2.27. The normalized spacial score (nSPS) is 26.4. The average Bonchev–Trinajstić information content (AvgIpc) is 2.86. The minimum Gasteiger partial charge on any atom is -0.394 e. The molecule has 0 amide bonds. The molecule has 0 aromatic carbocycles. The fraction of sp³-hybridized carbons (Fsp3) is 0.818. The first kappa shape index (κ1) is 14.3. The molecule has 1 saturated carbocycles. The van der Waals surface area contributed by atoms with Gasteiger partial charge < -0.3 is 15.4 Å². The van der Waals surface area contributed by atoms with E-state index in [1.807, 2.05) is 0 Å². The van der Waals surface area contributed by atoms with Crippen LogP contribution in [0, 0.1) is 5.92 Å². The van der Waals surface area contributed by atoms with Gasteiger partial charge in [-0.3, -0.25) is 0 Å². The molecule has 0 saturated heterocycles. The summed E-state index contributed by atoms with van der Waals surface area (Å²) in [6, 6.07) is -0.719. The molecule has 3 N–H and O–H groups in total. The maximum atomic E-state index is 12.5. The predicted octanol–water partition coefficient (Wildman–Crippen LogP) is 1.90. The van der Waals surface area contributed by atoms with Gasteiger partial charge in [-0.05, 0) is 25.7 Å². The van der Waals surface area contributed by atoms with Crippen LogP contribution in [0.5, 0.6) is 0 Å². The van der Waals surface area contributed by atoms with E-state index in [0.29, 0.717) is 18.7 Å². The lowest BCUT2D eigenvalue weighted by molar-refractivity contribution is -0.182. The van der Waals surface area contributed by atoms with E-state index in [9.17, 15) is 13.2 Å². The van der Waals surface area contributed by atoms with Gasteiger partial charge in [0.1, 0.15) is 0 Å². The summed E-state index contributed by atoms with van der Waals surface area (Å²) in [5, 5.41) is 12.5. The maximum Gasteiger partial charge on any atom is 0.391 e. The van der Waals surface area contributed by atoms with Crippen molar-refractivity contribution in [1.29, 1.82) is 0 Å². The zero-order valence-corrected chi connectivity index (χ0v) is 10.2. The lowest BCUT2D eigenvalue weighted by Gasteiger charge is -2.27. The second-order valence-corrected chi connectivity index (χ2v) is 4.87. The van der Waals surface area contributed by atoms with Crippen LogP contribution in [0.15, 0.2) is 4.52 Å². The zero-order chi connectivity index (χ0) is 14.0. The van der Waals surface area contributed by atoms with Crippen LogP contribution in [0.25, 0.3) is 0 Å². The molecule has 1 atom stereocenters. The zero-order valence-electron chi connectivity index (χ0n) is 10.2. The highest BCUT2D eigenvalue weighted by atomic mass is 19.4. The number of alkyl halides is 3. The standard InChI is InChI=1S/C11H16F3N3O2/c12-11(13,14)7-3-1-6(2-4-7)10-16-9(17-19-10)8(15)5-18/h6-8,18H,1-5,15H2. The highest BCUT2D eigenvalue weighted by Gasteiger charge is 2.42. The number of halogens is 3.